The largest absolute Gasteiger partial charge is 0.339 e. The van der Waals surface area contributed by atoms with Crippen molar-refractivity contribution >= 4 is 39.1 Å². The summed E-state index contributed by atoms with van der Waals surface area (Å²) in [6, 6.07) is 8.17. The number of rotatable bonds is 6. The van der Waals surface area contributed by atoms with Crippen LogP contribution < -0.4 is 4.31 Å². The van der Waals surface area contributed by atoms with Gasteiger partial charge >= 0.3 is 0 Å². The van der Waals surface area contributed by atoms with Crippen LogP contribution >= 0.6 is 11.6 Å². The van der Waals surface area contributed by atoms with Gasteiger partial charge in [0.1, 0.15) is 0 Å². The molecule has 2 heterocycles. The van der Waals surface area contributed by atoms with Crippen molar-refractivity contribution in [2.24, 2.45) is 5.41 Å². The second kappa shape index (κ2) is 8.35. The first-order valence-corrected chi connectivity index (χ1v) is 11.6. The first kappa shape index (κ1) is 22.2. The molecule has 0 spiro atoms. The molecule has 1 saturated heterocycles. The van der Waals surface area contributed by atoms with E-state index >= 15 is 0 Å². The highest BCUT2D eigenvalue weighted by molar-refractivity contribution is 7.94. The van der Waals surface area contributed by atoms with Gasteiger partial charge in [0.05, 0.1) is 21.9 Å². The smallest absolute Gasteiger partial charge is 0.253 e. The zero-order valence-electron chi connectivity index (χ0n) is 17.1. The fraction of sp³-hybridized carbons (Fsp3) is 0.381. The van der Waals surface area contributed by atoms with Crippen molar-refractivity contribution in [2.75, 3.05) is 23.1 Å². The number of nitrogens with zero attached hydrogens (tertiary/aromatic N) is 3. The van der Waals surface area contributed by atoms with E-state index in [1.54, 1.807) is 37.2 Å². The van der Waals surface area contributed by atoms with Crippen molar-refractivity contribution in [1.82, 2.24) is 9.88 Å². The van der Waals surface area contributed by atoms with E-state index in [0.29, 0.717) is 19.5 Å². The van der Waals surface area contributed by atoms with Gasteiger partial charge in [0.25, 0.3) is 5.91 Å². The fourth-order valence-corrected chi connectivity index (χ4v) is 5.81. The normalized spacial score (nSPS) is 17.2. The van der Waals surface area contributed by atoms with Crippen LogP contribution in [-0.4, -0.2) is 49.0 Å². The van der Waals surface area contributed by atoms with Crippen molar-refractivity contribution in [2.45, 2.75) is 27.2 Å². The minimum atomic E-state index is -3.87. The summed E-state index contributed by atoms with van der Waals surface area (Å²) in [7, 11) is -3.87. The number of amides is 2. The Morgan fingerprint density at radius 1 is 1.23 bits per heavy atom. The molecule has 0 N–H and O–H groups in total. The molecular formula is C21H24ClN3O4S. The van der Waals surface area contributed by atoms with Gasteiger partial charge in [0, 0.05) is 31.0 Å². The lowest BCUT2D eigenvalue weighted by molar-refractivity contribution is -0.123. The Labute approximate surface area is 181 Å². The molecule has 0 atom stereocenters. The van der Waals surface area contributed by atoms with Gasteiger partial charge in [-0.2, -0.15) is 0 Å². The van der Waals surface area contributed by atoms with E-state index in [1.807, 2.05) is 19.1 Å². The lowest BCUT2D eigenvalue weighted by Gasteiger charge is -2.23. The third kappa shape index (κ3) is 4.34. The summed E-state index contributed by atoms with van der Waals surface area (Å²) in [5.74, 6) is -1.12. The minimum absolute atomic E-state index is 0.0169. The van der Waals surface area contributed by atoms with E-state index in [4.69, 9.17) is 11.6 Å². The lowest BCUT2D eigenvalue weighted by atomic mass is 9.95. The number of pyridine rings is 1. The Bertz CT molecular complexity index is 1070. The number of carbonyl (C=O) groups excluding carboxylic acids is 2. The van der Waals surface area contributed by atoms with Crippen LogP contribution in [0.4, 0.5) is 5.69 Å². The first-order chi connectivity index (χ1) is 14.1. The van der Waals surface area contributed by atoms with Crippen LogP contribution in [0.15, 0.2) is 42.7 Å². The lowest BCUT2D eigenvalue weighted by Crippen LogP contribution is -2.34. The molecule has 1 aromatic carbocycles. The van der Waals surface area contributed by atoms with E-state index in [0.717, 1.165) is 9.87 Å². The van der Waals surface area contributed by atoms with E-state index in [2.05, 4.69) is 4.98 Å². The van der Waals surface area contributed by atoms with Gasteiger partial charge in [-0.15, -0.1) is 0 Å². The van der Waals surface area contributed by atoms with Crippen molar-refractivity contribution in [1.29, 1.82) is 0 Å². The molecule has 2 amide bonds. The molecule has 7 nitrogen and oxygen atoms in total. The van der Waals surface area contributed by atoms with Crippen molar-refractivity contribution in [3.63, 3.8) is 0 Å². The number of halogens is 1. The van der Waals surface area contributed by atoms with E-state index in [-0.39, 0.29) is 27.9 Å². The highest BCUT2D eigenvalue weighted by atomic mass is 35.5. The van der Waals surface area contributed by atoms with Crippen LogP contribution in [0.5, 0.6) is 0 Å². The quantitative estimate of drug-likeness (QED) is 0.676. The van der Waals surface area contributed by atoms with E-state index < -0.39 is 21.3 Å². The second-order valence-corrected chi connectivity index (χ2v) is 10.1. The third-order valence-corrected chi connectivity index (χ3v) is 7.41. The van der Waals surface area contributed by atoms with Gasteiger partial charge in [0.15, 0.2) is 0 Å². The van der Waals surface area contributed by atoms with E-state index in [9.17, 15) is 18.0 Å². The predicted molar refractivity (Wildman–Crippen MR) is 116 cm³/mol. The summed E-state index contributed by atoms with van der Waals surface area (Å²) in [6.45, 7) is 6.00. The number of likely N-dealkylation sites (N-methyl/N-ethyl adjacent to an activating group) is 1. The summed E-state index contributed by atoms with van der Waals surface area (Å²) in [4.78, 5) is 31.4. The summed E-state index contributed by atoms with van der Waals surface area (Å²) < 4.78 is 26.0. The molecule has 160 valence electrons. The zero-order chi connectivity index (χ0) is 22.1. The topological polar surface area (TPSA) is 87.7 Å². The van der Waals surface area contributed by atoms with Crippen LogP contribution in [0.25, 0.3) is 0 Å². The maximum atomic E-state index is 13.1. The molecule has 3 rings (SSSR count). The molecule has 30 heavy (non-hydrogen) atoms. The van der Waals surface area contributed by atoms with Crippen molar-refractivity contribution in [3.05, 3.63) is 58.9 Å². The van der Waals surface area contributed by atoms with Crippen LogP contribution in [0.2, 0.25) is 5.02 Å². The monoisotopic (exact) mass is 449 g/mol. The summed E-state index contributed by atoms with van der Waals surface area (Å²) in [5, 5.41) is 0.0982. The first-order valence-electron chi connectivity index (χ1n) is 9.62. The second-order valence-electron chi connectivity index (χ2n) is 7.87. The number of aromatic nitrogens is 1. The molecule has 2 aromatic rings. The predicted octanol–water partition coefficient (Wildman–Crippen LogP) is 3.14. The number of hydrogen-bond acceptors (Lipinski definition) is 5. The van der Waals surface area contributed by atoms with Crippen LogP contribution in [-0.2, 0) is 21.2 Å². The number of hydrogen-bond donors (Lipinski definition) is 0. The van der Waals surface area contributed by atoms with Crippen LogP contribution in [0, 0.1) is 5.41 Å². The van der Waals surface area contributed by atoms with Crippen LogP contribution in [0.3, 0.4) is 0 Å². The van der Waals surface area contributed by atoms with Gasteiger partial charge in [0.2, 0.25) is 15.9 Å². The molecule has 0 radical (unpaired) electrons. The number of benzene rings is 1. The van der Waals surface area contributed by atoms with Crippen LogP contribution in [0.1, 0.15) is 36.7 Å². The summed E-state index contributed by atoms with van der Waals surface area (Å²) in [6.07, 6.45) is 4.07. The molecule has 1 aliphatic rings. The highest BCUT2D eigenvalue weighted by Crippen LogP contribution is 2.39. The number of sulfonamides is 1. The molecule has 1 aliphatic heterocycles. The van der Waals surface area contributed by atoms with E-state index in [1.165, 1.54) is 12.1 Å². The molecule has 0 bridgehead atoms. The number of carbonyl (C=O) groups is 2. The fourth-order valence-electron chi connectivity index (χ4n) is 3.44. The third-order valence-electron chi connectivity index (χ3n) is 5.09. The molecular weight excluding hydrogens is 426 g/mol. The number of anilines is 1. The van der Waals surface area contributed by atoms with Gasteiger partial charge in [-0.3, -0.25) is 14.6 Å². The highest BCUT2D eigenvalue weighted by Gasteiger charge is 2.50. The van der Waals surface area contributed by atoms with Gasteiger partial charge in [-0.25, -0.2) is 12.7 Å². The van der Waals surface area contributed by atoms with Gasteiger partial charge in [-0.1, -0.05) is 11.6 Å². The molecule has 9 heteroatoms. The van der Waals surface area contributed by atoms with Gasteiger partial charge < -0.3 is 4.90 Å². The molecule has 1 fully saturated rings. The Balaban J connectivity index is 1.88. The molecule has 1 aromatic heterocycles. The molecule has 0 saturated carbocycles. The maximum Gasteiger partial charge on any atom is 0.253 e. The molecule has 0 aliphatic carbocycles. The Kier molecular flexibility index (Phi) is 6.19. The average molecular weight is 450 g/mol. The minimum Gasteiger partial charge on any atom is -0.339 e. The Hall–Kier alpha value is -2.45. The Morgan fingerprint density at radius 3 is 2.47 bits per heavy atom. The molecule has 0 unspecified atom stereocenters. The van der Waals surface area contributed by atoms with Gasteiger partial charge in [-0.05, 0) is 63.1 Å². The Morgan fingerprint density at radius 2 is 1.90 bits per heavy atom. The average Bonchev–Trinajstić information content (AvgIpc) is 2.86. The summed E-state index contributed by atoms with van der Waals surface area (Å²) >= 11 is 6.23. The SMILES string of the molecule is CCN(CCc1ccncc1)C(=O)c1ccc(Cl)c(N2C(=O)C(C)(C)CS2(=O)=O)c1. The van der Waals surface area contributed by atoms with Crippen molar-refractivity contribution in [3.8, 4) is 0 Å². The zero-order valence-corrected chi connectivity index (χ0v) is 18.7. The van der Waals surface area contributed by atoms with Crippen molar-refractivity contribution < 1.29 is 18.0 Å². The standard InChI is InChI=1S/C21H24ClN3O4S/c1-4-24(12-9-15-7-10-23-11-8-15)19(26)16-5-6-17(22)18(13-16)25-20(27)21(2,3)14-30(25,28)29/h5-8,10-11,13H,4,9,12,14H2,1-3H3. The maximum absolute atomic E-state index is 13.1. The summed E-state index contributed by atoms with van der Waals surface area (Å²) in [5.41, 5.74) is 0.299.